The van der Waals surface area contributed by atoms with Crippen LogP contribution in [0.3, 0.4) is 0 Å². The number of esters is 1. The van der Waals surface area contributed by atoms with Crippen LogP contribution >= 0.6 is 27.7 Å². The maximum absolute atomic E-state index is 12.2. The first-order valence-corrected chi connectivity index (χ1v) is 8.41. The molecule has 0 N–H and O–H groups in total. The first-order chi connectivity index (χ1) is 10.5. The molecule has 1 aliphatic heterocycles. The number of nitrogens with zero attached hydrogens (tertiary/aromatic N) is 1. The van der Waals surface area contributed by atoms with Crippen LogP contribution in [0.1, 0.15) is 32.0 Å². The maximum Gasteiger partial charge on any atom is 0.341 e. The fourth-order valence-corrected chi connectivity index (χ4v) is 3.48. The molecule has 1 aliphatic rings. The third-order valence-electron chi connectivity index (χ3n) is 3.27. The predicted octanol–water partition coefficient (Wildman–Crippen LogP) is 3.80. The van der Waals surface area contributed by atoms with Crippen LogP contribution in [0.25, 0.3) is 0 Å². The third kappa shape index (κ3) is 3.08. The van der Waals surface area contributed by atoms with Gasteiger partial charge in [-0.2, -0.15) is 0 Å². The van der Waals surface area contributed by atoms with Gasteiger partial charge in [0.05, 0.1) is 11.3 Å². The van der Waals surface area contributed by atoms with Gasteiger partial charge in [-0.25, -0.2) is 9.78 Å². The highest BCUT2D eigenvalue weighted by Crippen LogP contribution is 2.30. The molecule has 0 bridgehead atoms. The molecule has 0 atom stereocenters. The van der Waals surface area contributed by atoms with Crippen LogP contribution in [-0.2, 0) is 11.3 Å². The minimum atomic E-state index is -0.360. The summed E-state index contributed by atoms with van der Waals surface area (Å²) in [6.45, 7) is 2.15. The summed E-state index contributed by atoms with van der Waals surface area (Å²) in [7, 11) is 0. The highest BCUT2D eigenvalue weighted by Gasteiger charge is 2.27. The maximum atomic E-state index is 12.2. The Kier molecular flexibility index (Phi) is 4.31. The van der Waals surface area contributed by atoms with Gasteiger partial charge in [-0.1, -0.05) is 39.8 Å². The van der Waals surface area contributed by atoms with Crippen molar-refractivity contribution in [3.05, 3.63) is 57.2 Å². The van der Waals surface area contributed by atoms with E-state index in [2.05, 4.69) is 20.9 Å². The van der Waals surface area contributed by atoms with Gasteiger partial charge in [0, 0.05) is 21.3 Å². The molecule has 0 aliphatic carbocycles. The Labute approximate surface area is 140 Å². The number of ketones is 1. The van der Waals surface area contributed by atoms with Gasteiger partial charge in [0.25, 0.3) is 0 Å². The van der Waals surface area contributed by atoms with Gasteiger partial charge in [0.2, 0.25) is 0 Å². The van der Waals surface area contributed by atoms with Crippen LogP contribution in [0.2, 0.25) is 0 Å². The van der Waals surface area contributed by atoms with Gasteiger partial charge >= 0.3 is 5.97 Å². The molecule has 0 amide bonds. The lowest BCUT2D eigenvalue weighted by atomic mass is 10.1. The summed E-state index contributed by atoms with van der Waals surface area (Å²) in [5.74, 6) is -0.125. The molecule has 112 valence electrons. The van der Waals surface area contributed by atoms with E-state index in [4.69, 9.17) is 4.74 Å². The number of cyclic esters (lactones) is 1. The number of carbonyl (C=O) groups is 2. The van der Waals surface area contributed by atoms with Crippen molar-refractivity contribution in [3.8, 4) is 0 Å². The SMILES string of the molecule is Cc1cc2c(c(SCC(=O)c3ccc(Br)cc3)n1)C(=O)OC2. The number of hydrogen-bond donors (Lipinski definition) is 0. The Morgan fingerprint density at radius 1 is 1.36 bits per heavy atom. The zero-order valence-electron chi connectivity index (χ0n) is 11.8. The predicted molar refractivity (Wildman–Crippen MR) is 87.3 cm³/mol. The summed E-state index contributed by atoms with van der Waals surface area (Å²) < 4.78 is 5.97. The van der Waals surface area contributed by atoms with Gasteiger partial charge in [-0.15, -0.1) is 0 Å². The molecular formula is C16H12BrNO3S. The summed E-state index contributed by atoms with van der Waals surface area (Å²) >= 11 is 4.62. The third-order valence-corrected chi connectivity index (χ3v) is 4.77. The lowest BCUT2D eigenvalue weighted by Crippen LogP contribution is -2.05. The van der Waals surface area contributed by atoms with E-state index in [1.807, 2.05) is 25.1 Å². The molecule has 6 heteroatoms. The van der Waals surface area contributed by atoms with E-state index < -0.39 is 0 Å². The van der Waals surface area contributed by atoms with E-state index in [0.717, 1.165) is 15.7 Å². The monoisotopic (exact) mass is 377 g/mol. The number of Topliss-reactive ketones (excluding diaryl/α,β-unsaturated/α-hetero) is 1. The van der Waals surface area contributed by atoms with E-state index in [-0.39, 0.29) is 24.1 Å². The zero-order valence-corrected chi connectivity index (χ0v) is 14.2. The number of rotatable bonds is 4. The van der Waals surface area contributed by atoms with E-state index in [9.17, 15) is 9.59 Å². The molecule has 0 saturated carbocycles. The van der Waals surface area contributed by atoms with E-state index >= 15 is 0 Å². The molecule has 3 rings (SSSR count). The minimum Gasteiger partial charge on any atom is -0.457 e. The van der Waals surface area contributed by atoms with Crippen molar-refractivity contribution in [1.82, 2.24) is 4.98 Å². The normalized spacial score (nSPS) is 12.9. The Morgan fingerprint density at radius 2 is 2.09 bits per heavy atom. The molecule has 0 spiro atoms. The molecule has 4 nitrogen and oxygen atoms in total. The van der Waals surface area contributed by atoms with E-state index in [1.54, 1.807) is 12.1 Å². The Morgan fingerprint density at radius 3 is 2.82 bits per heavy atom. The van der Waals surface area contributed by atoms with Crippen molar-refractivity contribution in [3.63, 3.8) is 0 Å². The largest absolute Gasteiger partial charge is 0.457 e. The number of ether oxygens (including phenoxy) is 1. The Hall–Kier alpha value is -1.66. The van der Waals surface area contributed by atoms with Crippen LogP contribution in [-0.4, -0.2) is 22.5 Å². The van der Waals surface area contributed by atoms with Crippen molar-refractivity contribution < 1.29 is 14.3 Å². The van der Waals surface area contributed by atoms with Crippen molar-refractivity contribution >= 4 is 39.4 Å². The van der Waals surface area contributed by atoms with Crippen molar-refractivity contribution in [2.45, 2.75) is 18.6 Å². The number of thioether (sulfide) groups is 1. The summed E-state index contributed by atoms with van der Waals surface area (Å²) in [6, 6.07) is 9.06. The highest BCUT2D eigenvalue weighted by molar-refractivity contribution is 9.10. The quantitative estimate of drug-likeness (QED) is 0.460. The number of aromatic nitrogens is 1. The van der Waals surface area contributed by atoms with Crippen LogP contribution in [0.5, 0.6) is 0 Å². The second-order valence-electron chi connectivity index (χ2n) is 4.90. The zero-order chi connectivity index (χ0) is 15.7. The standard InChI is InChI=1S/C16H12BrNO3S/c1-9-6-11-7-21-16(20)14(11)15(18-9)22-8-13(19)10-2-4-12(17)5-3-10/h2-6H,7-8H2,1H3. The molecule has 0 saturated heterocycles. The van der Waals surface area contributed by atoms with Gasteiger partial charge < -0.3 is 4.74 Å². The van der Waals surface area contributed by atoms with Crippen molar-refractivity contribution in [2.24, 2.45) is 0 Å². The first-order valence-electron chi connectivity index (χ1n) is 6.64. The Balaban J connectivity index is 1.78. The summed E-state index contributed by atoms with van der Waals surface area (Å²) in [5.41, 5.74) is 2.80. The second kappa shape index (κ2) is 6.22. The second-order valence-corrected chi connectivity index (χ2v) is 6.78. The average Bonchev–Trinajstić information content (AvgIpc) is 2.86. The summed E-state index contributed by atoms with van der Waals surface area (Å²) in [5, 5.41) is 0.572. The minimum absolute atomic E-state index is 0.000852. The van der Waals surface area contributed by atoms with Crippen molar-refractivity contribution in [2.75, 3.05) is 5.75 Å². The smallest absolute Gasteiger partial charge is 0.341 e. The number of benzene rings is 1. The number of aryl methyl sites for hydroxylation is 1. The molecule has 22 heavy (non-hydrogen) atoms. The molecule has 2 aromatic rings. The first kappa shape index (κ1) is 15.2. The Bertz CT molecular complexity index is 759. The van der Waals surface area contributed by atoms with Gasteiger partial charge in [0.15, 0.2) is 5.78 Å². The lowest BCUT2D eigenvalue weighted by molar-refractivity contribution is 0.0532. The van der Waals surface area contributed by atoms with Crippen LogP contribution < -0.4 is 0 Å². The van der Waals surface area contributed by atoms with Gasteiger partial charge in [0.1, 0.15) is 11.6 Å². The van der Waals surface area contributed by atoms with Crippen LogP contribution in [0.4, 0.5) is 0 Å². The number of pyridine rings is 1. The van der Waals surface area contributed by atoms with Gasteiger partial charge in [-0.3, -0.25) is 4.79 Å². The topological polar surface area (TPSA) is 56.3 Å². The summed E-state index contributed by atoms with van der Waals surface area (Å²) in [6.07, 6.45) is 0. The number of hydrogen-bond acceptors (Lipinski definition) is 5. The highest BCUT2D eigenvalue weighted by atomic mass is 79.9. The average molecular weight is 378 g/mol. The fraction of sp³-hybridized carbons (Fsp3) is 0.188. The number of carbonyl (C=O) groups excluding carboxylic acids is 2. The number of fused-ring (bicyclic) bond motifs is 1. The molecule has 1 aromatic carbocycles. The van der Waals surface area contributed by atoms with Crippen LogP contribution in [0, 0.1) is 6.92 Å². The molecule has 0 fully saturated rings. The van der Waals surface area contributed by atoms with Crippen molar-refractivity contribution in [1.29, 1.82) is 0 Å². The van der Waals surface area contributed by atoms with Gasteiger partial charge in [-0.05, 0) is 25.1 Å². The molecular weight excluding hydrogens is 366 g/mol. The molecule has 1 aromatic heterocycles. The molecule has 2 heterocycles. The van der Waals surface area contributed by atoms with E-state index in [0.29, 0.717) is 16.2 Å². The summed E-state index contributed by atoms with van der Waals surface area (Å²) in [4.78, 5) is 28.4. The molecule has 0 radical (unpaired) electrons. The number of halogens is 1. The molecule has 0 unspecified atom stereocenters. The van der Waals surface area contributed by atoms with E-state index in [1.165, 1.54) is 11.8 Å². The lowest BCUT2D eigenvalue weighted by Gasteiger charge is -2.06. The van der Waals surface area contributed by atoms with Crippen LogP contribution in [0.15, 0.2) is 39.8 Å². The fourth-order valence-electron chi connectivity index (χ4n) is 2.22.